The van der Waals surface area contributed by atoms with Gasteiger partial charge in [-0.05, 0) is 49.1 Å². The number of carbonyl (C=O) groups is 1. The lowest BCUT2D eigenvalue weighted by Gasteiger charge is -2.16. The first-order chi connectivity index (χ1) is 12.3. The van der Waals surface area contributed by atoms with E-state index in [1.54, 1.807) is 0 Å². The molecule has 25 heavy (non-hydrogen) atoms. The summed E-state index contributed by atoms with van der Waals surface area (Å²) < 4.78 is 5.24. The number of nitrogens with zero attached hydrogens (tertiary/aromatic N) is 1. The molecule has 0 saturated carbocycles. The molecule has 0 atom stereocenters. The molecule has 1 aliphatic rings. The second kappa shape index (κ2) is 8.61. The van der Waals surface area contributed by atoms with Gasteiger partial charge >= 0.3 is 5.97 Å². The summed E-state index contributed by atoms with van der Waals surface area (Å²) in [5, 5.41) is 2.21. The molecule has 0 unspecified atom stereocenters. The molecule has 0 aliphatic heterocycles. The molecule has 130 valence electrons. The largest absolute Gasteiger partial charge is 0.463 e. The first kappa shape index (κ1) is 17.4. The van der Waals surface area contributed by atoms with Crippen LogP contribution in [0.1, 0.15) is 56.7 Å². The maximum atomic E-state index is 12.0. The third-order valence-corrected chi connectivity index (χ3v) is 4.56. The third kappa shape index (κ3) is 4.36. The third-order valence-electron chi connectivity index (χ3n) is 4.56. The summed E-state index contributed by atoms with van der Waals surface area (Å²) in [5.41, 5.74) is 3.30. The number of allylic oxidation sites excluding steroid dienone is 2. The van der Waals surface area contributed by atoms with Crippen LogP contribution in [-0.2, 0) is 9.53 Å². The zero-order valence-corrected chi connectivity index (χ0v) is 14.8. The van der Waals surface area contributed by atoms with Crippen LogP contribution in [0.5, 0.6) is 0 Å². The van der Waals surface area contributed by atoms with Gasteiger partial charge in [-0.25, -0.2) is 4.79 Å². The number of pyridine rings is 1. The fourth-order valence-electron chi connectivity index (χ4n) is 3.18. The predicted molar refractivity (Wildman–Crippen MR) is 103 cm³/mol. The lowest BCUT2D eigenvalue weighted by Crippen LogP contribution is -2.02. The molecule has 3 rings (SSSR count). The average Bonchev–Trinajstić information content (AvgIpc) is 2.67. The van der Waals surface area contributed by atoms with Gasteiger partial charge in [0.05, 0.1) is 12.3 Å². The highest BCUT2D eigenvalue weighted by Gasteiger charge is 2.13. The van der Waals surface area contributed by atoms with E-state index < -0.39 is 0 Å². The quantitative estimate of drug-likeness (QED) is 0.395. The van der Waals surface area contributed by atoms with Crippen LogP contribution in [0.25, 0.3) is 22.4 Å². The lowest BCUT2D eigenvalue weighted by atomic mass is 9.92. The molecular formula is C22H25NO2. The molecule has 2 aromatic rings. The minimum Gasteiger partial charge on any atom is -0.463 e. The van der Waals surface area contributed by atoms with Crippen molar-refractivity contribution in [3.8, 4) is 0 Å². The fourth-order valence-corrected chi connectivity index (χ4v) is 3.18. The van der Waals surface area contributed by atoms with Crippen LogP contribution in [0.2, 0.25) is 0 Å². The van der Waals surface area contributed by atoms with Gasteiger partial charge in [0.15, 0.2) is 0 Å². The second-order valence-electron chi connectivity index (χ2n) is 6.44. The van der Waals surface area contributed by atoms with Crippen molar-refractivity contribution < 1.29 is 9.53 Å². The first-order valence-electron chi connectivity index (χ1n) is 9.21. The topological polar surface area (TPSA) is 39.2 Å². The maximum absolute atomic E-state index is 12.0. The van der Waals surface area contributed by atoms with Crippen LogP contribution in [0.4, 0.5) is 0 Å². The normalized spacial score (nSPS) is 14.7. The number of carbonyl (C=O) groups excluding carboxylic acids is 1. The molecular weight excluding hydrogens is 310 g/mol. The summed E-state index contributed by atoms with van der Waals surface area (Å²) >= 11 is 0. The van der Waals surface area contributed by atoms with Crippen LogP contribution in [0, 0.1) is 0 Å². The number of ether oxygens (including phenoxy) is 1. The smallest absolute Gasteiger partial charge is 0.330 e. The van der Waals surface area contributed by atoms with Crippen molar-refractivity contribution in [3.63, 3.8) is 0 Å². The average molecular weight is 335 g/mol. The summed E-state index contributed by atoms with van der Waals surface area (Å²) in [4.78, 5) is 16.7. The van der Waals surface area contributed by atoms with Gasteiger partial charge in [0.1, 0.15) is 0 Å². The Hall–Kier alpha value is -2.42. The van der Waals surface area contributed by atoms with Gasteiger partial charge in [0.2, 0.25) is 0 Å². The number of rotatable bonds is 6. The van der Waals surface area contributed by atoms with Crippen LogP contribution >= 0.6 is 0 Å². The van der Waals surface area contributed by atoms with E-state index in [0.29, 0.717) is 6.61 Å². The van der Waals surface area contributed by atoms with E-state index in [9.17, 15) is 4.79 Å². The van der Waals surface area contributed by atoms with Gasteiger partial charge in [0, 0.05) is 23.2 Å². The van der Waals surface area contributed by atoms with Crippen molar-refractivity contribution in [1.29, 1.82) is 0 Å². The summed E-state index contributed by atoms with van der Waals surface area (Å²) in [6.45, 7) is 2.56. The number of hydrogen-bond donors (Lipinski definition) is 0. The van der Waals surface area contributed by atoms with Gasteiger partial charge < -0.3 is 4.74 Å². The minimum absolute atomic E-state index is 0.287. The van der Waals surface area contributed by atoms with E-state index >= 15 is 0 Å². The fraction of sp³-hybridized carbons (Fsp3) is 0.364. The summed E-state index contributed by atoms with van der Waals surface area (Å²) in [7, 11) is 0. The molecule has 0 amide bonds. The molecule has 1 aromatic heterocycles. The van der Waals surface area contributed by atoms with Crippen LogP contribution in [-0.4, -0.2) is 17.6 Å². The van der Waals surface area contributed by atoms with Crippen LogP contribution in [0.15, 0.2) is 42.6 Å². The Balaban J connectivity index is 1.95. The molecule has 1 aliphatic carbocycles. The SMILES string of the molecule is CCCCOC(=O)/C=C/c1c(C2=CCCCC2)ncc2ccccc12. The number of aromatic nitrogens is 1. The Morgan fingerprint density at radius 1 is 1.28 bits per heavy atom. The number of benzene rings is 1. The Labute approximate surface area is 149 Å². The van der Waals surface area contributed by atoms with Gasteiger partial charge in [-0.1, -0.05) is 43.7 Å². The molecule has 1 aromatic carbocycles. The summed E-state index contributed by atoms with van der Waals surface area (Å²) in [6, 6.07) is 8.18. The van der Waals surface area contributed by atoms with Crippen molar-refractivity contribution in [2.45, 2.75) is 45.4 Å². The van der Waals surface area contributed by atoms with Crippen molar-refractivity contribution in [2.24, 2.45) is 0 Å². The molecule has 0 bridgehead atoms. The predicted octanol–water partition coefficient (Wildman–Crippen LogP) is 5.55. The van der Waals surface area contributed by atoms with Gasteiger partial charge in [-0.3, -0.25) is 4.98 Å². The second-order valence-corrected chi connectivity index (χ2v) is 6.44. The number of hydrogen-bond acceptors (Lipinski definition) is 3. The van der Waals surface area contributed by atoms with Crippen molar-refractivity contribution in [2.75, 3.05) is 6.61 Å². The molecule has 1 heterocycles. The van der Waals surface area contributed by atoms with Crippen LogP contribution in [0.3, 0.4) is 0 Å². The zero-order valence-electron chi connectivity index (χ0n) is 14.8. The van der Waals surface area contributed by atoms with E-state index in [-0.39, 0.29) is 5.97 Å². The highest BCUT2D eigenvalue weighted by Crippen LogP contribution is 2.32. The Kier molecular flexibility index (Phi) is 5.99. The van der Waals surface area contributed by atoms with Crippen molar-refractivity contribution in [1.82, 2.24) is 4.98 Å². The monoisotopic (exact) mass is 335 g/mol. The van der Waals surface area contributed by atoms with Crippen molar-refractivity contribution in [3.05, 3.63) is 53.9 Å². The van der Waals surface area contributed by atoms with E-state index in [2.05, 4.69) is 25.1 Å². The summed E-state index contributed by atoms with van der Waals surface area (Å²) in [5.74, 6) is -0.287. The van der Waals surface area contributed by atoms with Gasteiger partial charge in [0.25, 0.3) is 0 Å². The molecule has 0 saturated heterocycles. The number of esters is 1. The molecule has 0 spiro atoms. The standard InChI is InChI=1S/C22H25NO2/c1-2-3-15-25-21(24)14-13-20-19-12-8-7-11-18(19)16-23-22(20)17-9-5-4-6-10-17/h7-9,11-14,16H,2-6,10,15H2,1H3/b14-13+. The highest BCUT2D eigenvalue weighted by atomic mass is 16.5. The van der Waals surface area contributed by atoms with Gasteiger partial charge in [-0.15, -0.1) is 0 Å². The maximum Gasteiger partial charge on any atom is 0.330 e. The van der Waals surface area contributed by atoms with E-state index in [1.807, 2.05) is 24.4 Å². The zero-order chi connectivity index (χ0) is 17.5. The van der Waals surface area contributed by atoms with Gasteiger partial charge in [-0.2, -0.15) is 0 Å². The highest BCUT2D eigenvalue weighted by molar-refractivity contribution is 5.97. The summed E-state index contributed by atoms with van der Waals surface area (Å²) in [6.07, 6.45) is 14.1. The van der Waals surface area contributed by atoms with E-state index in [1.165, 1.54) is 24.5 Å². The van der Waals surface area contributed by atoms with E-state index in [0.717, 1.165) is 47.7 Å². The van der Waals surface area contributed by atoms with Crippen molar-refractivity contribution >= 4 is 28.4 Å². The Morgan fingerprint density at radius 2 is 2.16 bits per heavy atom. The first-order valence-corrected chi connectivity index (χ1v) is 9.21. The molecule has 0 fully saturated rings. The minimum atomic E-state index is -0.287. The van der Waals surface area contributed by atoms with Crippen LogP contribution < -0.4 is 0 Å². The number of unbranched alkanes of at least 4 members (excludes halogenated alkanes) is 1. The number of fused-ring (bicyclic) bond motifs is 1. The molecule has 3 nitrogen and oxygen atoms in total. The Morgan fingerprint density at radius 3 is 2.96 bits per heavy atom. The molecule has 3 heteroatoms. The molecule has 0 radical (unpaired) electrons. The molecule has 0 N–H and O–H groups in total. The Bertz CT molecular complexity index is 805. The lowest BCUT2D eigenvalue weighted by molar-refractivity contribution is -0.137. The van der Waals surface area contributed by atoms with E-state index in [4.69, 9.17) is 9.72 Å².